The molecule has 0 aromatic carbocycles. The Morgan fingerprint density at radius 2 is 1.95 bits per heavy atom. The molecule has 124 valence electrons. The Bertz CT molecular complexity index is 302. The van der Waals surface area contributed by atoms with Gasteiger partial charge in [0.25, 0.3) is 0 Å². The van der Waals surface area contributed by atoms with Crippen LogP contribution in [0.2, 0.25) is 0 Å². The second kappa shape index (κ2) is 10.6. The van der Waals surface area contributed by atoms with Gasteiger partial charge < -0.3 is 20.3 Å². The Balaban J connectivity index is 0.00000220. The fourth-order valence-electron chi connectivity index (χ4n) is 2.57. The van der Waals surface area contributed by atoms with Crippen LogP contribution in [0.3, 0.4) is 0 Å². The average Bonchev–Trinajstić information content (AvgIpc) is 3.28. The summed E-state index contributed by atoms with van der Waals surface area (Å²) in [4.78, 5) is 7.25. The highest BCUT2D eigenvalue weighted by molar-refractivity contribution is 14.0. The predicted octanol–water partition coefficient (Wildman–Crippen LogP) is 1.68. The molecule has 21 heavy (non-hydrogen) atoms. The summed E-state index contributed by atoms with van der Waals surface area (Å²) in [7, 11) is 1.77. The maximum absolute atomic E-state index is 5.14. The standard InChI is InChI=1S/C15H30N4O.HI/c1-3-16-15(18-14-4-5-14)17-12-13-6-8-19(9-7-13)10-11-20-2;/h13-14H,3-12H2,1-2H3,(H2,16,17,18);1H. The number of hydrogen-bond acceptors (Lipinski definition) is 3. The van der Waals surface area contributed by atoms with Crippen LogP contribution < -0.4 is 10.6 Å². The van der Waals surface area contributed by atoms with E-state index in [9.17, 15) is 0 Å². The average molecular weight is 410 g/mol. The van der Waals surface area contributed by atoms with Crippen molar-refractivity contribution in [1.82, 2.24) is 15.5 Å². The van der Waals surface area contributed by atoms with Crippen molar-refractivity contribution < 1.29 is 4.74 Å². The lowest BCUT2D eigenvalue weighted by molar-refractivity contribution is 0.121. The van der Waals surface area contributed by atoms with Crippen LogP contribution in [0.4, 0.5) is 0 Å². The molecule has 5 nitrogen and oxygen atoms in total. The predicted molar refractivity (Wildman–Crippen MR) is 98.6 cm³/mol. The van der Waals surface area contributed by atoms with Gasteiger partial charge in [-0.05, 0) is 51.6 Å². The van der Waals surface area contributed by atoms with E-state index in [2.05, 4.69) is 22.5 Å². The van der Waals surface area contributed by atoms with Gasteiger partial charge in [-0.1, -0.05) is 0 Å². The molecule has 1 saturated carbocycles. The molecule has 0 amide bonds. The van der Waals surface area contributed by atoms with Crippen LogP contribution in [0.1, 0.15) is 32.6 Å². The third-order valence-electron chi connectivity index (χ3n) is 4.09. The minimum Gasteiger partial charge on any atom is -0.383 e. The number of nitrogens with one attached hydrogen (secondary N) is 2. The van der Waals surface area contributed by atoms with Gasteiger partial charge >= 0.3 is 0 Å². The number of guanidine groups is 1. The molecule has 0 atom stereocenters. The Hall–Kier alpha value is -0.0800. The number of rotatable bonds is 7. The molecule has 0 radical (unpaired) electrons. The van der Waals surface area contributed by atoms with E-state index < -0.39 is 0 Å². The number of hydrogen-bond donors (Lipinski definition) is 2. The monoisotopic (exact) mass is 410 g/mol. The molecule has 0 unspecified atom stereocenters. The van der Waals surface area contributed by atoms with Crippen molar-refractivity contribution in [2.24, 2.45) is 10.9 Å². The molecule has 0 bridgehead atoms. The molecule has 6 heteroatoms. The molecule has 2 fully saturated rings. The van der Waals surface area contributed by atoms with E-state index in [4.69, 9.17) is 9.73 Å². The summed E-state index contributed by atoms with van der Waals surface area (Å²) in [5.41, 5.74) is 0. The van der Waals surface area contributed by atoms with Crippen molar-refractivity contribution in [3.8, 4) is 0 Å². The van der Waals surface area contributed by atoms with Crippen LogP contribution in [0, 0.1) is 5.92 Å². The second-order valence-electron chi connectivity index (χ2n) is 5.92. The van der Waals surface area contributed by atoms with Crippen molar-refractivity contribution >= 4 is 29.9 Å². The van der Waals surface area contributed by atoms with Gasteiger partial charge in [-0.15, -0.1) is 24.0 Å². The number of likely N-dealkylation sites (tertiary alicyclic amines) is 1. The molecular weight excluding hydrogens is 379 g/mol. The third-order valence-corrected chi connectivity index (χ3v) is 4.09. The van der Waals surface area contributed by atoms with E-state index in [1.807, 2.05) is 0 Å². The Morgan fingerprint density at radius 3 is 2.52 bits per heavy atom. The summed E-state index contributed by atoms with van der Waals surface area (Å²) in [6, 6.07) is 0.670. The molecule has 0 aromatic rings. The molecule has 0 spiro atoms. The van der Waals surface area contributed by atoms with Crippen LogP contribution in [-0.2, 0) is 4.74 Å². The zero-order valence-corrected chi connectivity index (χ0v) is 15.8. The highest BCUT2D eigenvalue weighted by Gasteiger charge is 2.23. The van der Waals surface area contributed by atoms with Gasteiger partial charge in [-0.3, -0.25) is 4.99 Å². The minimum absolute atomic E-state index is 0. The van der Waals surface area contributed by atoms with Crippen LogP contribution in [0.5, 0.6) is 0 Å². The minimum atomic E-state index is 0. The molecule has 1 aliphatic heterocycles. The zero-order chi connectivity index (χ0) is 14.2. The normalized spacial score (nSPS) is 21.0. The van der Waals surface area contributed by atoms with Gasteiger partial charge in [0.2, 0.25) is 0 Å². The van der Waals surface area contributed by atoms with Gasteiger partial charge in [0.05, 0.1) is 6.61 Å². The van der Waals surface area contributed by atoms with Crippen LogP contribution in [0.25, 0.3) is 0 Å². The summed E-state index contributed by atoms with van der Waals surface area (Å²) in [6.45, 7) is 8.32. The third kappa shape index (κ3) is 7.65. The lowest BCUT2D eigenvalue weighted by Gasteiger charge is -2.31. The summed E-state index contributed by atoms with van der Waals surface area (Å²) in [5.74, 6) is 1.75. The second-order valence-corrected chi connectivity index (χ2v) is 5.92. The number of halogens is 1. The first-order chi connectivity index (χ1) is 9.81. The van der Waals surface area contributed by atoms with Gasteiger partial charge in [0, 0.05) is 32.8 Å². The number of ether oxygens (including phenoxy) is 1. The van der Waals surface area contributed by atoms with E-state index in [1.165, 1.54) is 38.8 Å². The number of piperidine rings is 1. The highest BCUT2D eigenvalue weighted by atomic mass is 127. The van der Waals surface area contributed by atoms with E-state index in [1.54, 1.807) is 7.11 Å². The Morgan fingerprint density at radius 1 is 1.24 bits per heavy atom. The summed E-state index contributed by atoms with van der Waals surface area (Å²) in [6.07, 6.45) is 5.11. The summed E-state index contributed by atoms with van der Waals surface area (Å²) < 4.78 is 5.14. The van der Waals surface area contributed by atoms with E-state index in [-0.39, 0.29) is 24.0 Å². The largest absolute Gasteiger partial charge is 0.383 e. The van der Waals surface area contributed by atoms with E-state index in [0.29, 0.717) is 6.04 Å². The molecule has 2 N–H and O–H groups in total. The first-order valence-corrected chi connectivity index (χ1v) is 8.08. The van der Waals surface area contributed by atoms with Gasteiger partial charge in [0.15, 0.2) is 5.96 Å². The molecule has 0 aromatic heterocycles. The lowest BCUT2D eigenvalue weighted by atomic mass is 9.97. The Kier molecular flexibility index (Phi) is 9.59. The Labute approximate surface area is 146 Å². The SMILES string of the molecule is CCNC(=NCC1CCN(CCOC)CC1)NC1CC1.I. The first-order valence-electron chi connectivity index (χ1n) is 8.08. The lowest BCUT2D eigenvalue weighted by Crippen LogP contribution is -2.40. The fraction of sp³-hybridized carbons (Fsp3) is 0.933. The maximum Gasteiger partial charge on any atom is 0.191 e. The van der Waals surface area contributed by atoms with Crippen LogP contribution in [0.15, 0.2) is 4.99 Å². The van der Waals surface area contributed by atoms with Crippen molar-refractivity contribution in [2.75, 3.05) is 46.4 Å². The highest BCUT2D eigenvalue weighted by Crippen LogP contribution is 2.19. The maximum atomic E-state index is 5.14. The quantitative estimate of drug-likeness (QED) is 0.381. The first kappa shape index (κ1) is 19.0. The molecule has 1 heterocycles. The zero-order valence-electron chi connectivity index (χ0n) is 13.4. The van der Waals surface area contributed by atoms with Gasteiger partial charge in [-0.25, -0.2) is 0 Å². The molecule has 1 aliphatic carbocycles. The molecule has 2 aliphatic rings. The topological polar surface area (TPSA) is 48.9 Å². The van der Waals surface area contributed by atoms with Crippen molar-refractivity contribution in [2.45, 2.75) is 38.6 Å². The summed E-state index contributed by atoms with van der Waals surface area (Å²) >= 11 is 0. The number of nitrogens with zero attached hydrogens (tertiary/aromatic N) is 2. The van der Waals surface area contributed by atoms with Gasteiger partial charge in [0.1, 0.15) is 0 Å². The molecule has 1 saturated heterocycles. The van der Waals surface area contributed by atoms with E-state index in [0.717, 1.165) is 38.1 Å². The van der Waals surface area contributed by atoms with Crippen LogP contribution >= 0.6 is 24.0 Å². The number of methoxy groups -OCH3 is 1. The molecular formula is C15H31IN4O. The van der Waals surface area contributed by atoms with Crippen molar-refractivity contribution in [3.05, 3.63) is 0 Å². The van der Waals surface area contributed by atoms with Crippen LogP contribution in [-0.4, -0.2) is 63.3 Å². The van der Waals surface area contributed by atoms with Gasteiger partial charge in [-0.2, -0.15) is 0 Å². The van der Waals surface area contributed by atoms with Crippen molar-refractivity contribution in [1.29, 1.82) is 0 Å². The smallest absolute Gasteiger partial charge is 0.191 e. The van der Waals surface area contributed by atoms with E-state index >= 15 is 0 Å². The summed E-state index contributed by atoms with van der Waals surface area (Å²) in [5, 5.41) is 6.82. The fourth-order valence-corrected chi connectivity index (χ4v) is 2.57. The van der Waals surface area contributed by atoms with Crippen molar-refractivity contribution in [3.63, 3.8) is 0 Å². The molecule has 2 rings (SSSR count). The number of aliphatic imine (C=N–C) groups is 1.